The lowest BCUT2D eigenvalue weighted by Gasteiger charge is -2.29. The molecule has 0 N–H and O–H groups in total. The number of rotatable bonds is 4. The summed E-state index contributed by atoms with van der Waals surface area (Å²) in [6.45, 7) is 4.37. The molecular formula is C11H20O3. The Morgan fingerprint density at radius 3 is 3.00 bits per heavy atom. The molecule has 0 bridgehead atoms. The maximum atomic E-state index is 10.8. The molecule has 1 fully saturated rings. The summed E-state index contributed by atoms with van der Waals surface area (Å²) in [5.41, 5.74) is 0. The van der Waals surface area contributed by atoms with Gasteiger partial charge in [-0.1, -0.05) is 19.8 Å². The van der Waals surface area contributed by atoms with Gasteiger partial charge in [-0.25, -0.2) is 0 Å². The first-order chi connectivity index (χ1) is 6.72. The van der Waals surface area contributed by atoms with Crippen LogP contribution in [0.5, 0.6) is 0 Å². The molecular weight excluding hydrogens is 180 g/mol. The topological polar surface area (TPSA) is 35.5 Å². The van der Waals surface area contributed by atoms with Gasteiger partial charge >= 0.3 is 5.97 Å². The molecule has 1 heterocycles. The fourth-order valence-corrected chi connectivity index (χ4v) is 1.82. The Kier molecular flexibility index (Phi) is 4.94. The summed E-state index contributed by atoms with van der Waals surface area (Å²) >= 11 is 0. The van der Waals surface area contributed by atoms with E-state index in [1.165, 1.54) is 19.8 Å². The van der Waals surface area contributed by atoms with Crippen molar-refractivity contribution in [1.82, 2.24) is 0 Å². The van der Waals surface area contributed by atoms with Gasteiger partial charge in [-0.05, 0) is 6.42 Å². The molecule has 82 valence electrons. The molecule has 0 aromatic rings. The first-order valence-corrected chi connectivity index (χ1v) is 5.51. The number of hydrogen-bond donors (Lipinski definition) is 0. The quantitative estimate of drug-likeness (QED) is 0.653. The van der Waals surface area contributed by atoms with Gasteiger partial charge in [0.2, 0.25) is 0 Å². The summed E-state index contributed by atoms with van der Waals surface area (Å²) in [5, 5.41) is 0. The minimum Gasteiger partial charge on any atom is -0.462 e. The van der Waals surface area contributed by atoms with Crippen LogP contribution >= 0.6 is 0 Å². The second kappa shape index (κ2) is 6.02. The standard InChI is InChI=1S/C11H20O3/c1-3-4-5-10-8-11(6-7-13-10)14-9(2)12/h10-11H,3-8H2,1-2H3/t10-,11+/m0/s1. The van der Waals surface area contributed by atoms with Crippen LogP contribution in [0.3, 0.4) is 0 Å². The number of unbranched alkanes of at least 4 members (excludes halogenated alkanes) is 1. The fourth-order valence-electron chi connectivity index (χ4n) is 1.82. The van der Waals surface area contributed by atoms with Crippen molar-refractivity contribution in [2.24, 2.45) is 0 Å². The van der Waals surface area contributed by atoms with Crippen LogP contribution in [0.25, 0.3) is 0 Å². The molecule has 0 aliphatic carbocycles. The molecule has 3 heteroatoms. The first kappa shape index (κ1) is 11.5. The third-order valence-corrected chi connectivity index (χ3v) is 2.53. The second-order valence-corrected chi connectivity index (χ2v) is 3.89. The van der Waals surface area contributed by atoms with Gasteiger partial charge in [0.15, 0.2) is 0 Å². The van der Waals surface area contributed by atoms with Crippen molar-refractivity contribution in [3.8, 4) is 0 Å². The van der Waals surface area contributed by atoms with Gasteiger partial charge < -0.3 is 9.47 Å². The van der Waals surface area contributed by atoms with Gasteiger partial charge in [-0.2, -0.15) is 0 Å². The Morgan fingerprint density at radius 1 is 1.57 bits per heavy atom. The van der Waals surface area contributed by atoms with Crippen LogP contribution in [0.4, 0.5) is 0 Å². The Labute approximate surface area is 85.8 Å². The summed E-state index contributed by atoms with van der Waals surface area (Å²) in [7, 11) is 0. The lowest BCUT2D eigenvalue weighted by molar-refractivity contribution is -0.153. The van der Waals surface area contributed by atoms with Gasteiger partial charge in [0.05, 0.1) is 12.7 Å². The first-order valence-electron chi connectivity index (χ1n) is 5.51. The Bertz CT molecular complexity index is 179. The van der Waals surface area contributed by atoms with Crippen molar-refractivity contribution >= 4 is 5.97 Å². The van der Waals surface area contributed by atoms with E-state index < -0.39 is 0 Å². The van der Waals surface area contributed by atoms with E-state index in [0.29, 0.717) is 6.10 Å². The van der Waals surface area contributed by atoms with Crippen LogP contribution in [-0.4, -0.2) is 24.8 Å². The minimum atomic E-state index is -0.175. The molecule has 0 spiro atoms. The van der Waals surface area contributed by atoms with Gasteiger partial charge in [0.25, 0.3) is 0 Å². The number of carbonyl (C=O) groups is 1. The van der Waals surface area contributed by atoms with Crippen LogP contribution < -0.4 is 0 Å². The van der Waals surface area contributed by atoms with Crippen molar-refractivity contribution < 1.29 is 14.3 Å². The number of carbonyl (C=O) groups excluding carboxylic acids is 1. The zero-order valence-corrected chi connectivity index (χ0v) is 9.12. The van der Waals surface area contributed by atoms with E-state index in [2.05, 4.69) is 6.92 Å². The molecule has 0 aromatic heterocycles. The highest BCUT2D eigenvalue weighted by molar-refractivity contribution is 5.66. The van der Waals surface area contributed by atoms with Crippen LogP contribution in [-0.2, 0) is 14.3 Å². The maximum absolute atomic E-state index is 10.8. The number of ether oxygens (including phenoxy) is 2. The molecule has 0 amide bonds. The molecule has 0 unspecified atom stereocenters. The molecule has 14 heavy (non-hydrogen) atoms. The highest BCUT2D eigenvalue weighted by Gasteiger charge is 2.23. The Morgan fingerprint density at radius 2 is 2.36 bits per heavy atom. The SMILES string of the molecule is CCCC[C@H]1C[C@H](OC(C)=O)CCO1. The van der Waals surface area contributed by atoms with Gasteiger partial charge in [0, 0.05) is 19.8 Å². The predicted molar refractivity (Wildman–Crippen MR) is 54.1 cm³/mol. The maximum Gasteiger partial charge on any atom is 0.302 e. The Hall–Kier alpha value is -0.570. The van der Waals surface area contributed by atoms with Crippen molar-refractivity contribution in [3.63, 3.8) is 0 Å². The fraction of sp³-hybridized carbons (Fsp3) is 0.909. The van der Waals surface area contributed by atoms with E-state index in [1.54, 1.807) is 0 Å². The van der Waals surface area contributed by atoms with Crippen molar-refractivity contribution in [1.29, 1.82) is 0 Å². The molecule has 1 saturated heterocycles. The van der Waals surface area contributed by atoms with Crippen molar-refractivity contribution in [2.45, 2.75) is 58.2 Å². The minimum absolute atomic E-state index is 0.0862. The summed E-state index contributed by atoms with van der Waals surface area (Å²) in [5.74, 6) is -0.175. The molecule has 0 radical (unpaired) electrons. The van der Waals surface area contributed by atoms with E-state index in [1.807, 2.05) is 0 Å². The molecule has 1 aliphatic rings. The van der Waals surface area contributed by atoms with Gasteiger partial charge in [0.1, 0.15) is 6.10 Å². The monoisotopic (exact) mass is 200 g/mol. The average molecular weight is 200 g/mol. The lowest BCUT2D eigenvalue weighted by Crippen LogP contribution is -2.31. The summed E-state index contributed by atoms with van der Waals surface area (Å²) in [6, 6.07) is 0. The normalized spacial score (nSPS) is 27.3. The highest BCUT2D eigenvalue weighted by atomic mass is 16.6. The zero-order chi connectivity index (χ0) is 10.4. The van der Waals surface area contributed by atoms with Crippen molar-refractivity contribution in [2.75, 3.05) is 6.61 Å². The van der Waals surface area contributed by atoms with E-state index in [0.717, 1.165) is 25.9 Å². The van der Waals surface area contributed by atoms with Crippen LogP contribution in [0, 0.1) is 0 Å². The average Bonchev–Trinajstić information content (AvgIpc) is 2.14. The zero-order valence-electron chi connectivity index (χ0n) is 9.12. The van der Waals surface area contributed by atoms with Gasteiger partial charge in [-0.15, -0.1) is 0 Å². The van der Waals surface area contributed by atoms with E-state index in [9.17, 15) is 4.79 Å². The molecule has 0 aromatic carbocycles. The smallest absolute Gasteiger partial charge is 0.302 e. The third-order valence-electron chi connectivity index (χ3n) is 2.53. The van der Waals surface area contributed by atoms with E-state index in [-0.39, 0.29) is 12.1 Å². The highest BCUT2D eigenvalue weighted by Crippen LogP contribution is 2.20. The number of esters is 1. The second-order valence-electron chi connectivity index (χ2n) is 3.89. The van der Waals surface area contributed by atoms with Crippen LogP contribution in [0.1, 0.15) is 46.0 Å². The Balaban J connectivity index is 2.24. The summed E-state index contributed by atoms with van der Waals surface area (Å²) < 4.78 is 10.8. The van der Waals surface area contributed by atoms with E-state index in [4.69, 9.17) is 9.47 Å². The van der Waals surface area contributed by atoms with Gasteiger partial charge in [-0.3, -0.25) is 4.79 Å². The third kappa shape index (κ3) is 4.09. The van der Waals surface area contributed by atoms with Crippen molar-refractivity contribution in [3.05, 3.63) is 0 Å². The summed E-state index contributed by atoms with van der Waals surface area (Å²) in [4.78, 5) is 10.8. The van der Waals surface area contributed by atoms with Crippen LogP contribution in [0.2, 0.25) is 0 Å². The molecule has 1 rings (SSSR count). The van der Waals surface area contributed by atoms with Crippen LogP contribution in [0.15, 0.2) is 0 Å². The molecule has 2 atom stereocenters. The molecule has 0 saturated carbocycles. The lowest BCUT2D eigenvalue weighted by atomic mass is 10.0. The molecule has 1 aliphatic heterocycles. The largest absolute Gasteiger partial charge is 0.462 e. The van der Waals surface area contributed by atoms with E-state index >= 15 is 0 Å². The molecule has 3 nitrogen and oxygen atoms in total. The predicted octanol–water partition coefficient (Wildman–Crippen LogP) is 2.29. The number of hydrogen-bond acceptors (Lipinski definition) is 3. The summed E-state index contributed by atoms with van der Waals surface area (Å²) in [6.07, 6.45) is 5.59.